The lowest BCUT2D eigenvalue weighted by Gasteiger charge is -2.36. The van der Waals surface area contributed by atoms with E-state index >= 15 is 0 Å². The van der Waals surface area contributed by atoms with Crippen LogP contribution in [0, 0.1) is 5.92 Å². The Balaban J connectivity index is 0.718. The minimum atomic E-state index is -2.06. The van der Waals surface area contributed by atoms with Crippen molar-refractivity contribution in [1.29, 1.82) is 0 Å². The van der Waals surface area contributed by atoms with E-state index in [4.69, 9.17) is 14.2 Å². The van der Waals surface area contributed by atoms with Crippen molar-refractivity contribution in [1.82, 2.24) is 25.8 Å². The summed E-state index contributed by atoms with van der Waals surface area (Å²) in [5.41, 5.74) is 2.87. The Labute approximate surface area is 429 Å². The molecule has 1 aromatic heterocycles. The number of pyridine rings is 1. The van der Waals surface area contributed by atoms with Gasteiger partial charge in [-0.2, -0.15) is 0 Å². The molecular formula is C59H61N5O10. The molecule has 9 rings (SSSR count). The average Bonchev–Trinajstić information content (AvgIpc) is 3.42. The molecule has 15 nitrogen and oxygen atoms in total. The minimum absolute atomic E-state index is 0.0845. The Hall–Kier alpha value is -7.82. The summed E-state index contributed by atoms with van der Waals surface area (Å²) < 4.78 is 17.7. The molecule has 1 saturated carbocycles. The number of hydrogen-bond acceptors (Lipinski definition) is 12. The molecule has 2 heterocycles. The summed E-state index contributed by atoms with van der Waals surface area (Å²) in [5.74, 6) is -0.172. The van der Waals surface area contributed by atoms with Gasteiger partial charge in [0, 0.05) is 65.4 Å². The molecule has 0 spiro atoms. The number of aromatic nitrogens is 1. The number of aliphatic hydroxyl groups is 2. The largest absolute Gasteiger partial charge is 0.506 e. The Kier molecular flexibility index (Phi) is 16.1. The first-order valence-electron chi connectivity index (χ1n) is 25.0. The topological polar surface area (TPSA) is 212 Å². The van der Waals surface area contributed by atoms with Crippen molar-refractivity contribution in [2.45, 2.75) is 69.2 Å². The zero-order valence-corrected chi connectivity index (χ0v) is 41.2. The van der Waals surface area contributed by atoms with Gasteiger partial charge in [-0.05, 0) is 115 Å². The van der Waals surface area contributed by atoms with Crippen LogP contribution in [0.1, 0.15) is 85.9 Å². The van der Waals surface area contributed by atoms with Crippen LogP contribution in [0.2, 0.25) is 0 Å². The van der Waals surface area contributed by atoms with E-state index in [0.29, 0.717) is 64.1 Å². The Morgan fingerprint density at radius 1 is 0.757 bits per heavy atom. The van der Waals surface area contributed by atoms with Gasteiger partial charge in [0.25, 0.3) is 11.8 Å². The van der Waals surface area contributed by atoms with Gasteiger partial charge in [-0.15, -0.1) is 0 Å². The van der Waals surface area contributed by atoms with E-state index in [9.17, 15) is 34.5 Å². The summed E-state index contributed by atoms with van der Waals surface area (Å²) >= 11 is 0. The Morgan fingerprint density at radius 3 is 2.15 bits per heavy atom. The van der Waals surface area contributed by atoms with Crippen LogP contribution < -0.4 is 31.0 Å². The van der Waals surface area contributed by atoms with E-state index in [1.165, 1.54) is 24.8 Å². The van der Waals surface area contributed by atoms with Crippen LogP contribution in [0.5, 0.6) is 17.2 Å². The number of ether oxygens (including phenoxy) is 3. The van der Waals surface area contributed by atoms with Gasteiger partial charge in [0.1, 0.15) is 23.9 Å². The Bertz CT molecular complexity index is 3120. The summed E-state index contributed by atoms with van der Waals surface area (Å²) in [6.07, 6.45) is 1.99. The molecule has 7 N–H and O–H groups in total. The maximum absolute atomic E-state index is 13.9. The van der Waals surface area contributed by atoms with Crippen LogP contribution in [0.3, 0.4) is 0 Å². The van der Waals surface area contributed by atoms with Crippen molar-refractivity contribution in [2.75, 3.05) is 33.4 Å². The number of nitrogens with one attached hydrogen (secondary N) is 4. The highest BCUT2D eigenvalue weighted by Gasteiger charge is 2.42. The molecule has 0 unspecified atom stereocenters. The molecule has 2 aliphatic rings. The standard InChI is InChI=1S/C59H61N5O10/c1-72-53-29-42(19-20-43(53)33-60-34-52(66)49-21-23-51(65)55-50(49)22-24-54(67)63-55)57(69)62-47-31-46(32-47)61-56(68)41-17-15-39(16-18-41)36-73-48-14-8-13-45(30-48)59(71,44-11-6-3-7-12-44)58(70)74-37-40-25-27-64(28-26-40)35-38-9-4-2-5-10-38/h2-24,29-30,40,46-47,52,60,65-66,71H,25-28,31-37H2,1H3,(H,61,68)(H,62,69)(H,63,67)/t46-,47-,52-,59-/m0/s1. The summed E-state index contributed by atoms with van der Waals surface area (Å²) in [7, 11) is 1.52. The number of aliphatic hydroxyl groups excluding tert-OH is 1. The van der Waals surface area contributed by atoms with Crippen LogP contribution in [0.15, 0.2) is 156 Å². The molecule has 2 amide bonds. The zero-order valence-electron chi connectivity index (χ0n) is 41.2. The van der Waals surface area contributed by atoms with Gasteiger partial charge in [-0.1, -0.05) is 97.1 Å². The number of H-pyrrole nitrogens is 1. The second-order valence-corrected chi connectivity index (χ2v) is 19.2. The number of rotatable bonds is 20. The number of carbonyl (C=O) groups is 3. The maximum Gasteiger partial charge on any atom is 0.347 e. The number of phenolic OH excluding ortho intramolecular Hbond substituents is 1. The number of carbonyl (C=O) groups excluding carboxylic acids is 3. The quantitative estimate of drug-likeness (QED) is 0.0384. The monoisotopic (exact) mass is 999 g/mol. The number of esters is 1. The predicted octanol–water partition coefficient (Wildman–Crippen LogP) is 7.03. The zero-order chi connectivity index (χ0) is 51.6. The van der Waals surface area contributed by atoms with E-state index in [1.54, 1.807) is 91.0 Å². The van der Waals surface area contributed by atoms with Crippen molar-refractivity contribution in [3.63, 3.8) is 0 Å². The third-order valence-corrected chi connectivity index (χ3v) is 14.0. The molecule has 6 aromatic carbocycles. The molecule has 0 bridgehead atoms. The normalized spacial score (nSPS) is 17.1. The number of aromatic hydroxyl groups is 1. The molecular weight excluding hydrogens is 939 g/mol. The van der Waals surface area contributed by atoms with Crippen LogP contribution in [0.4, 0.5) is 0 Å². The first-order valence-corrected chi connectivity index (χ1v) is 25.0. The second kappa shape index (κ2) is 23.4. The van der Waals surface area contributed by atoms with E-state index in [0.717, 1.165) is 43.6 Å². The number of amides is 2. The van der Waals surface area contributed by atoms with Gasteiger partial charge in [0.2, 0.25) is 11.2 Å². The number of hydrogen-bond donors (Lipinski definition) is 7. The summed E-state index contributed by atoms with van der Waals surface area (Å²) in [4.78, 5) is 57.2. The highest BCUT2D eigenvalue weighted by molar-refractivity contribution is 5.96. The average molecular weight is 1000 g/mol. The molecule has 2 atom stereocenters. The van der Waals surface area contributed by atoms with Gasteiger partial charge >= 0.3 is 5.97 Å². The van der Waals surface area contributed by atoms with Crippen LogP contribution in [-0.4, -0.2) is 88.4 Å². The van der Waals surface area contributed by atoms with E-state index in [1.807, 2.05) is 24.3 Å². The number of likely N-dealkylation sites (tertiary alicyclic amines) is 1. The van der Waals surface area contributed by atoms with Gasteiger partial charge in [-0.25, -0.2) is 4.79 Å². The molecule has 0 radical (unpaired) electrons. The lowest BCUT2D eigenvalue weighted by atomic mass is 9.86. The third-order valence-electron chi connectivity index (χ3n) is 14.0. The molecule has 15 heteroatoms. The molecule has 7 aromatic rings. The number of aromatic amines is 1. The van der Waals surface area contributed by atoms with Gasteiger partial charge in [0.05, 0.1) is 25.3 Å². The third kappa shape index (κ3) is 12.2. The second-order valence-electron chi connectivity index (χ2n) is 19.2. The number of nitrogens with zero attached hydrogens (tertiary/aromatic N) is 1. The van der Waals surface area contributed by atoms with Crippen molar-refractivity contribution >= 4 is 28.7 Å². The molecule has 74 heavy (non-hydrogen) atoms. The number of benzene rings is 6. The van der Waals surface area contributed by atoms with E-state index in [-0.39, 0.29) is 66.4 Å². The molecule has 382 valence electrons. The van der Waals surface area contributed by atoms with Crippen molar-refractivity contribution in [3.8, 4) is 17.2 Å². The number of piperidine rings is 1. The van der Waals surface area contributed by atoms with Gasteiger partial charge in [0.15, 0.2) is 0 Å². The minimum Gasteiger partial charge on any atom is -0.506 e. The molecule has 2 fully saturated rings. The summed E-state index contributed by atoms with van der Waals surface area (Å²) in [6, 6.07) is 44.0. The van der Waals surface area contributed by atoms with Crippen molar-refractivity contribution < 1.29 is 43.9 Å². The van der Waals surface area contributed by atoms with Crippen molar-refractivity contribution in [2.24, 2.45) is 5.92 Å². The fraction of sp³-hybridized carbons (Fsp3) is 0.288. The maximum atomic E-state index is 13.9. The summed E-state index contributed by atoms with van der Waals surface area (Å²) in [5, 5.41) is 43.2. The lowest BCUT2D eigenvalue weighted by Crippen LogP contribution is -2.53. The van der Waals surface area contributed by atoms with Gasteiger partial charge in [-0.3, -0.25) is 19.3 Å². The first-order chi connectivity index (χ1) is 35.9. The van der Waals surface area contributed by atoms with E-state index < -0.39 is 17.7 Å². The molecule has 1 aliphatic carbocycles. The summed E-state index contributed by atoms with van der Waals surface area (Å²) in [6.45, 7) is 3.60. The fourth-order valence-corrected chi connectivity index (χ4v) is 9.69. The molecule has 1 saturated heterocycles. The van der Waals surface area contributed by atoms with Crippen molar-refractivity contribution in [3.05, 3.63) is 207 Å². The SMILES string of the molecule is COc1cc(C(=O)N[C@H]2C[C@H](NC(=O)c3ccc(COc4cccc([C@](O)(C(=O)OCC5CCN(Cc6ccccc6)CC5)c5ccccc5)c4)cc3)C2)ccc1CNC[C@H](O)c1ccc(O)c2[nH]c(=O)ccc12. The highest BCUT2D eigenvalue weighted by Crippen LogP contribution is 2.35. The van der Waals surface area contributed by atoms with E-state index in [2.05, 4.69) is 50.1 Å². The lowest BCUT2D eigenvalue weighted by molar-refractivity contribution is -0.164. The number of phenols is 1. The number of methoxy groups -OCH3 is 1. The predicted molar refractivity (Wildman–Crippen MR) is 280 cm³/mol. The molecule has 1 aliphatic heterocycles. The van der Waals surface area contributed by atoms with Crippen LogP contribution >= 0.6 is 0 Å². The number of fused-ring (bicyclic) bond motifs is 1. The first kappa shape index (κ1) is 51.1. The van der Waals surface area contributed by atoms with Gasteiger partial charge < -0.3 is 50.5 Å². The smallest absolute Gasteiger partial charge is 0.347 e. The van der Waals surface area contributed by atoms with Crippen LogP contribution in [0.25, 0.3) is 10.9 Å². The van der Waals surface area contributed by atoms with Crippen LogP contribution in [-0.2, 0) is 34.8 Å². The Morgan fingerprint density at radius 2 is 1.43 bits per heavy atom. The highest BCUT2D eigenvalue weighted by atomic mass is 16.6. The fourth-order valence-electron chi connectivity index (χ4n) is 9.69.